The number of hydrogen-bond acceptors (Lipinski definition) is 5. The zero-order chi connectivity index (χ0) is 18.9. The summed E-state index contributed by atoms with van der Waals surface area (Å²) in [6, 6.07) is 0. The number of carbonyl (C=O) groups is 1. The van der Waals surface area contributed by atoms with Crippen molar-refractivity contribution in [2.45, 2.75) is 46.0 Å². The Bertz CT molecular complexity index is 1000. The Balaban J connectivity index is 1.96. The van der Waals surface area contributed by atoms with Gasteiger partial charge in [-0.1, -0.05) is 32.0 Å². The Hall–Kier alpha value is -2.75. The number of hydrogen-bond donors (Lipinski definition) is 0. The molecule has 7 nitrogen and oxygen atoms in total. The molecule has 2 aromatic heterocycles. The van der Waals surface area contributed by atoms with Crippen LogP contribution in [0.2, 0.25) is 0 Å². The van der Waals surface area contributed by atoms with E-state index < -0.39 is 10.8 Å². The molecule has 0 N–H and O–H groups in total. The van der Waals surface area contributed by atoms with Gasteiger partial charge >= 0.3 is 0 Å². The summed E-state index contributed by atoms with van der Waals surface area (Å²) in [6.07, 6.45) is 3.47. The third kappa shape index (κ3) is 1.99. The lowest BCUT2D eigenvalue weighted by Crippen LogP contribution is -2.50. The minimum atomic E-state index is -0.596. The van der Waals surface area contributed by atoms with Crippen molar-refractivity contribution in [3.05, 3.63) is 40.3 Å². The summed E-state index contributed by atoms with van der Waals surface area (Å²) in [5, 5.41) is 8.85. The van der Waals surface area contributed by atoms with Crippen molar-refractivity contribution in [1.82, 2.24) is 19.9 Å². The lowest BCUT2D eigenvalue weighted by Gasteiger charge is -2.49. The number of aryl methyl sites for hydroxylation is 2. The molecule has 2 heterocycles. The summed E-state index contributed by atoms with van der Waals surface area (Å²) in [6.45, 7) is 15.2. The first-order chi connectivity index (χ1) is 12.2. The average molecular weight is 351 g/mol. The standard InChI is InChI=1S/C19H21N5O2/c1-10-21-17(23-26-10)14-11-7-8-13-18(2,3)16(25)12(20-5)9-19(13,4)15(11)22-24(14)6/h9,13H,7-8H2,1-4,6H3/t13-,19-/m0/s1. The normalized spacial score (nSPS) is 26.7. The van der Waals surface area contributed by atoms with Gasteiger partial charge in [0.2, 0.25) is 17.4 Å². The predicted octanol–water partition coefficient (Wildman–Crippen LogP) is 3.01. The van der Waals surface area contributed by atoms with Crippen LogP contribution in [0, 0.1) is 24.8 Å². The Morgan fingerprint density at radius 2 is 2.12 bits per heavy atom. The van der Waals surface area contributed by atoms with Crippen LogP contribution in [0.15, 0.2) is 16.3 Å². The fourth-order valence-corrected chi connectivity index (χ4v) is 4.87. The monoisotopic (exact) mass is 351 g/mol. The number of allylic oxidation sites excluding steroid dienone is 2. The van der Waals surface area contributed by atoms with Crippen molar-refractivity contribution in [2.75, 3.05) is 0 Å². The fourth-order valence-electron chi connectivity index (χ4n) is 4.87. The molecule has 26 heavy (non-hydrogen) atoms. The molecule has 0 fully saturated rings. The number of Topliss-reactive ketones (excluding diaryl/α,β-unsaturated/α-hetero) is 1. The molecule has 0 unspecified atom stereocenters. The lowest BCUT2D eigenvalue weighted by molar-refractivity contribution is -0.128. The van der Waals surface area contributed by atoms with Crippen molar-refractivity contribution in [3.8, 4) is 11.5 Å². The predicted molar refractivity (Wildman–Crippen MR) is 93.9 cm³/mol. The number of nitrogens with zero attached hydrogens (tertiary/aromatic N) is 5. The van der Waals surface area contributed by atoms with Gasteiger partial charge in [0.15, 0.2) is 5.78 Å². The molecule has 0 radical (unpaired) electrons. The molecule has 0 saturated heterocycles. The van der Waals surface area contributed by atoms with E-state index in [9.17, 15) is 4.79 Å². The Morgan fingerprint density at radius 1 is 1.38 bits per heavy atom. The van der Waals surface area contributed by atoms with Crippen LogP contribution in [-0.4, -0.2) is 25.7 Å². The van der Waals surface area contributed by atoms with E-state index in [0.29, 0.717) is 11.7 Å². The summed E-state index contributed by atoms with van der Waals surface area (Å²) in [7, 11) is 1.87. The highest BCUT2D eigenvalue weighted by Gasteiger charge is 2.55. The minimum Gasteiger partial charge on any atom is -0.339 e. The van der Waals surface area contributed by atoms with E-state index in [0.717, 1.165) is 29.8 Å². The van der Waals surface area contributed by atoms with E-state index in [1.807, 2.05) is 27.0 Å². The molecule has 0 spiro atoms. The maximum absolute atomic E-state index is 12.7. The average Bonchev–Trinajstić information content (AvgIpc) is 3.14. The van der Waals surface area contributed by atoms with E-state index in [4.69, 9.17) is 16.2 Å². The Kier molecular flexibility index (Phi) is 3.30. The van der Waals surface area contributed by atoms with Gasteiger partial charge in [0, 0.05) is 30.4 Å². The van der Waals surface area contributed by atoms with Crippen LogP contribution in [0.1, 0.15) is 44.3 Å². The van der Waals surface area contributed by atoms with Crippen LogP contribution in [0.3, 0.4) is 0 Å². The third-order valence-electron chi connectivity index (χ3n) is 6.05. The van der Waals surface area contributed by atoms with Crippen LogP contribution in [0.25, 0.3) is 16.4 Å². The molecule has 7 heteroatoms. The maximum atomic E-state index is 12.7. The number of aromatic nitrogens is 4. The van der Waals surface area contributed by atoms with Crippen LogP contribution in [0.5, 0.6) is 0 Å². The first kappa shape index (κ1) is 16.7. The van der Waals surface area contributed by atoms with Crippen LogP contribution in [-0.2, 0) is 23.7 Å². The first-order valence-corrected chi connectivity index (χ1v) is 8.72. The zero-order valence-electron chi connectivity index (χ0n) is 15.6. The summed E-state index contributed by atoms with van der Waals surface area (Å²) in [5.41, 5.74) is 1.99. The van der Waals surface area contributed by atoms with Crippen molar-refractivity contribution in [1.29, 1.82) is 0 Å². The topological polar surface area (TPSA) is 78.2 Å². The highest BCUT2D eigenvalue weighted by atomic mass is 16.5. The smallest absolute Gasteiger partial charge is 0.226 e. The van der Waals surface area contributed by atoms with Gasteiger partial charge in [-0.2, -0.15) is 10.1 Å². The van der Waals surface area contributed by atoms with E-state index in [-0.39, 0.29) is 17.4 Å². The molecule has 0 bridgehead atoms. The number of fused-ring (bicyclic) bond motifs is 3. The van der Waals surface area contributed by atoms with Gasteiger partial charge in [-0.15, -0.1) is 0 Å². The molecular formula is C19H21N5O2. The van der Waals surface area contributed by atoms with Gasteiger partial charge in [0.25, 0.3) is 0 Å². The van der Waals surface area contributed by atoms with Crippen LogP contribution in [0.4, 0.5) is 0 Å². The van der Waals surface area contributed by atoms with Crippen molar-refractivity contribution >= 4 is 5.78 Å². The van der Waals surface area contributed by atoms with Gasteiger partial charge in [-0.05, 0) is 18.8 Å². The molecule has 4 rings (SSSR count). The molecule has 0 aliphatic heterocycles. The summed E-state index contributed by atoms with van der Waals surface area (Å²) in [4.78, 5) is 20.6. The molecule has 2 atom stereocenters. The minimum absolute atomic E-state index is 0.0663. The molecule has 2 aliphatic rings. The Labute approximate surface area is 151 Å². The zero-order valence-corrected chi connectivity index (χ0v) is 15.6. The second-order valence-corrected chi connectivity index (χ2v) is 8.00. The van der Waals surface area contributed by atoms with Gasteiger partial charge in [0.1, 0.15) is 5.69 Å². The molecule has 0 amide bonds. The van der Waals surface area contributed by atoms with E-state index >= 15 is 0 Å². The van der Waals surface area contributed by atoms with Crippen LogP contribution >= 0.6 is 0 Å². The highest BCUT2D eigenvalue weighted by Crippen LogP contribution is 2.55. The SMILES string of the molecule is [C-]#[N+]C1=C[C@]2(C)c3nn(C)c(-c4noc(C)n4)c3CC[C@H]2C(C)(C)C1=O. The maximum Gasteiger partial charge on any atom is 0.226 e. The molecule has 0 saturated carbocycles. The third-order valence-corrected chi connectivity index (χ3v) is 6.05. The molecule has 2 aliphatic carbocycles. The summed E-state index contributed by atoms with van der Waals surface area (Å²) in [5.74, 6) is 1.06. The van der Waals surface area contributed by atoms with Gasteiger partial charge in [0.05, 0.1) is 12.3 Å². The Morgan fingerprint density at radius 3 is 2.73 bits per heavy atom. The van der Waals surface area contributed by atoms with Crippen molar-refractivity contribution in [2.24, 2.45) is 18.4 Å². The molecule has 134 valence electrons. The highest BCUT2D eigenvalue weighted by molar-refractivity contribution is 6.02. The number of rotatable bonds is 1. The van der Waals surface area contributed by atoms with E-state index in [2.05, 4.69) is 21.9 Å². The van der Waals surface area contributed by atoms with Gasteiger partial charge in [-0.25, -0.2) is 4.85 Å². The quantitative estimate of drug-likeness (QED) is 0.738. The first-order valence-electron chi connectivity index (χ1n) is 8.72. The van der Waals surface area contributed by atoms with E-state index in [1.165, 1.54) is 0 Å². The number of ketones is 1. The largest absolute Gasteiger partial charge is 0.339 e. The second-order valence-electron chi connectivity index (χ2n) is 8.00. The number of carbonyl (C=O) groups excluding carboxylic acids is 1. The van der Waals surface area contributed by atoms with Gasteiger partial charge in [-0.3, -0.25) is 4.68 Å². The van der Waals surface area contributed by atoms with Gasteiger partial charge < -0.3 is 9.32 Å². The van der Waals surface area contributed by atoms with Crippen molar-refractivity contribution < 1.29 is 9.32 Å². The molecule has 0 aromatic carbocycles. The second kappa shape index (κ2) is 5.13. The fraction of sp³-hybridized carbons (Fsp3) is 0.526. The summed E-state index contributed by atoms with van der Waals surface area (Å²) >= 11 is 0. The van der Waals surface area contributed by atoms with Crippen molar-refractivity contribution in [3.63, 3.8) is 0 Å². The summed E-state index contributed by atoms with van der Waals surface area (Å²) < 4.78 is 6.94. The lowest BCUT2D eigenvalue weighted by atomic mass is 9.53. The molecule has 2 aromatic rings. The van der Waals surface area contributed by atoms with E-state index in [1.54, 1.807) is 11.6 Å². The molecular weight excluding hydrogens is 330 g/mol. The van der Waals surface area contributed by atoms with Crippen LogP contribution < -0.4 is 0 Å².